The summed E-state index contributed by atoms with van der Waals surface area (Å²) in [6, 6.07) is 0. The SMILES string of the molecule is OCC(O)[C@H]1OC(O)[C@@H](O)[C@H]1O. The molecule has 0 radical (unpaired) electrons. The summed E-state index contributed by atoms with van der Waals surface area (Å²) < 4.78 is 4.58. The van der Waals surface area contributed by atoms with Crippen LogP contribution in [0, 0.1) is 0 Å². The molecule has 6 nitrogen and oxygen atoms in total. The van der Waals surface area contributed by atoms with Crippen LogP contribution in [-0.4, -0.2) is 62.8 Å². The van der Waals surface area contributed by atoms with Crippen LogP contribution >= 0.6 is 0 Å². The first-order chi connectivity index (χ1) is 5.57. The highest BCUT2D eigenvalue weighted by Crippen LogP contribution is 2.21. The molecule has 5 atom stereocenters. The standard InChI is InChI=1S/C6H12O6/c7-1-2(8)5-3(9)4(10)6(11)12-5/h2-11H,1H2/t2?,3-,4+,5-,6?/m1/s1. The van der Waals surface area contributed by atoms with Gasteiger partial charge in [0.25, 0.3) is 0 Å². The van der Waals surface area contributed by atoms with Crippen molar-refractivity contribution in [2.75, 3.05) is 6.61 Å². The molecule has 0 spiro atoms. The number of rotatable bonds is 2. The molecule has 2 unspecified atom stereocenters. The average Bonchev–Trinajstić information content (AvgIpc) is 2.32. The molecule has 1 fully saturated rings. The van der Waals surface area contributed by atoms with E-state index in [1.807, 2.05) is 0 Å². The summed E-state index contributed by atoms with van der Waals surface area (Å²) in [7, 11) is 0. The predicted octanol–water partition coefficient (Wildman–Crippen LogP) is -3.22. The third-order valence-electron chi connectivity index (χ3n) is 1.84. The zero-order valence-corrected chi connectivity index (χ0v) is 6.24. The van der Waals surface area contributed by atoms with E-state index in [-0.39, 0.29) is 0 Å². The largest absolute Gasteiger partial charge is 0.394 e. The molecule has 0 aromatic carbocycles. The Morgan fingerprint density at radius 2 is 1.75 bits per heavy atom. The van der Waals surface area contributed by atoms with Crippen LogP contribution < -0.4 is 0 Å². The lowest BCUT2D eigenvalue weighted by Gasteiger charge is -2.18. The van der Waals surface area contributed by atoms with Crippen LogP contribution in [0.1, 0.15) is 0 Å². The molecule has 5 N–H and O–H groups in total. The molecule has 1 heterocycles. The molecule has 1 saturated heterocycles. The Kier molecular flexibility index (Phi) is 2.99. The van der Waals surface area contributed by atoms with Gasteiger partial charge in [0.2, 0.25) is 0 Å². The van der Waals surface area contributed by atoms with E-state index in [0.717, 1.165) is 0 Å². The molecule has 1 aliphatic heterocycles. The van der Waals surface area contributed by atoms with Crippen molar-refractivity contribution in [3.63, 3.8) is 0 Å². The van der Waals surface area contributed by atoms with E-state index < -0.39 is 37.3 Å². The molecule has 6 heteroatoms. The minimum Gasteiger partial charge on any atom is -0.394 e. The predicted molar refractivity (Wildman–Crippen MR) is 36.0 cm³/mol. The van der Waals surface area contributed by atoms with Gasteiger partial charge in [-0.2, -0.15) is 0 Å². The third kappa shape index (κ3) is 1.58. The molecule has 1 rings (SSSR count). The maximum Gasteiger partial charge on any atom is 0.184 e. The first kappa shape index (κ1) is 9.85. The summed E-state index contributed by atoms with van der Waals surface area (Å²) in [5.41, 5.74) is 0. The second-order valence-electron chi connectivity index (χ2n) is 2.72. The van der Waals surface area contributed by atoms with E-state index in [0.29, 0.717) is 0 Å². The summed E-state index contributed by atoms with van der Waals surface area (Å²) >= 11 is 0. The van der Waals surface area contributed by atoms with Crippen molar-refractivity contribution in [1.29, 1.82) is 0 Å². The van der Waals surface area contributed by atoms with Gasteiger partial charge in [0, 0.05) is 0 Å². The zero-order valence-electron chi connectivity index (χ0n) is 6.24. The molecule has 1 aliphatic rings. The summed E-state index contributed by atoms with van der Waals surface area (Å²) in [6.45, 7) is -0.596. The average molecular weight is 180 g/mol. The van der Waals surface area contributed by atoms with Crippen LogP contribution in [0.5, 0.6) is 0 Å². The summed E-state index contributed by atoms with van der Waals surface area (Å²) in [4.78, 5) is 0. The third-order valence-corrected chi connectivity index (χ3v) is 1.84. The Balaban J connectivity index is 2.58. The van der Waals surface area contributed by atoms with Crippen LogP contribution in [0.15, 0.2) is 0 Å². The minimum atomic E-state index is -1.51. The van der Waals surface area contributed by atoms with Crippen molar-refractivity contribution >= 4 is 0 Å². The van der Waals surface area contributed by atoms with Gasteiger partial charge >= 0.3 is 0 Å². The van der Waals surface area contributed by atoms with Gasteiger partial charge in [-0.05, 0) is 0 Å². The van der Waals surface area contributed by atoms with E-state index in [4.69, 9.17) is 25.5 Å². The molecule has 0 bridgehead atoms. The highest BCUT2D eigenvalue weighted by molar-refractivity contribution is 4.89. The first-order valence-corrected chi connectivity index (χ1v) is 3.56. The van der Waals surface area contributed by atoms with Crippen molar-refractivity contribution in [3.8, 4) is 0 Å². The molecule has 72 valence electrons. The number of hydrogen-bond acceptors (Lipinski definition) is 6. The lowest BCUT2D eigenvalue weighted by molar-refractivity contribution is -0.150. The van der Waals surface area contributed by atoms with Gasteiger partial charge in [0.1, 0.15) is 24.4 Å². The second-order valence-corrected chi connectivity index (χ2v) is 2.72. The second kappa shape index (κ2) is 3.65. The van der Waals surface area contributed by atoms with Crippen LogP contribution in [0.3, 0.4) is 0 Å². The topological polar surface area (TPSA) is 110 Å². The van der Waals surface area contributed by atoms with Crippen LogP contribution in [0.4, 0.5) is 0 Å². The van der Waals surface area contributed by atoms with Gasteiger partial charge in [-0.25, -0.2) is 0 Å². The highest BCUT2D eigenvalue weighted by Gasteiger charge is 2.44. The van der Waals surface area contributed by atoms with Crippen LogP contribution in [-0.2, 0) is 4.74 Å². The quantitative estimate of drug-likeness (QED) is 0.306. The van der Waals surface area contributed by atoms with Gasteiger partial charge in [0.05, 0.1) is 6.61 Å². The Morgan fingerprint density at radius 3 is 2.08 bits per heavy atom. The molecule has 0 aliphatic carbocycles. The molecule has 0 saturated carbocycles. The van der Waals surface area contributed by atoms with Crippen molar-refractivity contribution < 1.29 is 30.3 Å². The van der Waals surface area contributed by atoms with Crippen molar-refractivity contribution in [1.82, 2.24) is 0 Å². The van der Waals surface area contributed by atoms with Crippen molar-refractivity contribution in [3.05, 3.63) is 0 Å². The van der Waals surface area contributed by atoms with Gasteiger partial charge in [-0.3, -0.25) is 0 Å². The van der Waals surface area contributed by atoms with Gasteiger partial charge in [-0.15, -0.1) is 0 Å². The number of ether oxygens (including phenoxy) is 1. The maximum atomic E-state index is 9.12. The van der Waals surface area contributed by atoms with E-state index in [9.17, 15) is 0 Å². The smallest absolute Gasteiger partial charge is 0.184 e. The van der Waals surface area contributed by atoms with E-state index >= 15 is 0 Å². The molecule has 0 amide bonds. The van der Waals surface area contributed by atoms with E-state index in [1.165, 1.54) is 0 Å². The van der Waals surface area contributed by atoms with Gasteiger partial charge in [0.15, 0.2) is 6.29 Å². The first-order valence-electron chi connectivity index (χ1n) is 3.56. The fourth-order valence-electron chi connectivity index (χ4n) is 1.11. The van der Waals surface area contributed by atoms with Crippen LogP contribution in [0.2, 0.25) is 0 Å². The summed E-state index contributed by atoms with van der Waals surface area (Å²) in [5.74, 6) is 0. The minimum absolute atomic E-state index is 0.596. The highest BCUT2D eigenvalue weighted by atomic mass is 16.6. The molecular formula is C6H12O6. The Morgan fingerprint density at radius 1 is 1.17 bits per heavy atom. The molecule has 0 aromatic rings. The number of hydrogen-bond donors (Lipinski definition) is 5. The van der Waals surface area contributed by atoms with Crippen molar-refractivity contribution in [2.45, 2.75) is 30.7 Å². The molecular weight excluding hydrogens is 168 g/mol. The van der Waals surface area contributed by atoms with E-state index in [2.05, 4.69) is 4.74 Å². The van der Waals surface area contributed by atoms with E-state index in [1.54, 1.807) is 0 Å². The fourth-order valence-corrected chi connectivity index (χ4v) is 1.11. The lowest BCUT2D eigenvalue weighted by atomic mass is 10.1. The maximum absolute atomic E-state index is 9.12. The Labute approximate surface area is 68.6 Å². The molecule has 0 aromatic heterocycles. The zero-order chi connectivity index (χ0) is 9.30. The summed E-state index contributed by atoms with van der Waals surface area (Å²) in [6.07, 6.45) is -6.75. The Hall–Kier alpha value is -0.240. The monoisotopic (exact) mass is 180 g/mol. The van der Waals surface area contributed by atoms with Gasteiger partial charge < -0.3 is 30.3 Å². The van der Waals surface area contributed by atoms with Gasteiger partial charge in [-0.1, -0.05) is 0 Å². The number of aliphatic hydroxyl groups is 5. The normalized spacial score (nSPS) is 44.8. The lowest BCUT2D eigenvalue weighted by Crippen LogP contribution is -2.40. The summed E-state index contributed by atoms with van der Waals surface area (Å²) in [5, 5.41) is 44.4. The Bertz CT molecular complexity index is 151. The molecule has 12 heavy (non-hydrogen) atoms. The number of aliphatic hydroxyl groups excluding tert-OH is 5. The van der Waals surface area contributed by atoms with Crippen LogP contribution in [0.25, 0.3) is 0 Å². The van der Waals surface area contributed by atoms with Crippen molar-refractivity contribution in [2.24, 2.45) is 0 Å². The fraction of sp³-hybridized carbons (Fsp3) is 1.00.